The zero-order valence-corrected chi connectivity index (χ0v) is 14.2. The van der Waals surface area contributed by atoms with E-state index in [1.807, 2.05) is 19.1 Å². The minimum absolute atomic E-state index is 0.312. The number of anilines is 1. The van der Waals surface area contributed by atoms with E-state index in [1.165, 1.54) is 0 Å². The van der Waals surface area contributed by atoms with Crippen molar-refractivity contribution in [2.45, 2.75) is 26.7 Å². The molecule has 21 heavy (non-hydrogen) atoms. The molecule has 0 bridgehead atoms. The number of hydrogen-bond acceptors (Lipinski definition) is 3. The second-order valence-corrected chi connectivity index (χ2v) is 7.97. The van der Waals surface area contributed by atoms with Crippen molar-refractivity contribution in [3.8, 4) is 0 Å². The van der Waals surface area contributed by atoms with Gasteiger partial charge < -0.3 is 9.42 Å². The first-order valence-corrected chi connectivity index (χ1v) is 9.55. The standard InChI is InChI=1S/C14H16Cl2NO3P/c1-10-5-7-12(8-6-10)17-14(18)13(4-3-9-15)11(2)20-21(17,16)19/h5-8H,3-4,9H2,1-2H3. The number of hydrogen-bond donors (Lipinski definition) is 0. The van der Waals surface area contributed by atoms with E-state index in [4.69, 9.17) is 27.4 Å². The molecule has 1 aromatic rings. The summed E-state index contributed by atoms with van der Waals surface area (Å²) < 4.78 is 6.36. The predicted molar refractivity (Wildman–Crippen MR) is 85.2 cm³/mol. The molecule has 0 fully saturated rings. The second kappa shape index (κ2) is 6.53. The summed E-state index contributed by atoms with van der Waals surface area (Å²) in [5.41, 5.74) is 1.95. The molecule has 1 amide bonds. The maximum Gasteiger partial charge on any atom is 0.356 e. The summed E-state index contributed by atoms with van der Waals surface area (Å²) in [5.74, 6) is 0.366. The van der Waals surface area contributed by atoms with Crippen molar-refractivity contribution >= 4 is 41.7 Å². The third-order valence-corrected chi connectivity index (χ3v) is 5.52. The number of aryl methyl sites for hydroxylation is 1. The summed E-state index contributed by atoms with van der Waals surface area (Å²) in [6, 6.07) is 7.04. The first kappa shape index (κ1) is 16.6. The Hall–Kier alpha value is -0.800. The maximum absolute atomic E-state index is 12.6. The molecule has 0 radical (unpaired) electrons. The van der Waals surface area contributed by atoms with Crippen molar-refractivity contribution < 1.29 is 14.2 Å². The van der Waals surface area contributed by atoms with Gasteiger partial charge in [-0.25, -0.2) is 0 Å². The minimum atomic E-state index is -3.75. The van der Waals surface area contributed by atoms with Crippen molar-refractivity contribution in [3.05, 3.63) is 41.2 Å². The number of rotatable bonds is 4. The van der Waals surface area contributed by atoms with Gasteiger partial charge in [0.1, 0.15) is 0 Å². The van der Waals surface area contributed by atoms with E-state index < -0.39 is 7.22 Å². The molecule has 2 rings (SSSR count). The lowest BCUT2D eigenvalue weighted by atomic mass is 10.1. The molecular weight excluding hydrogens is 332 g/mol. The Bertz CT molecular complexity index is 572. The van der Waals surface area contributed by atoms with Gasteiger partial charge in [0, 0.05) is 5.88 Å². The summed E-state index contributed by atoms with van der Waals surface area (Å²) >= 11 is 11.7. The van der Waals surface area contributed by atoms with Crippen LogP contribution in [-0.4, -0.2) is 11.8 Å². The first-order valence-electron chi connectivity index (χ1n) is 6.53. The molecule has 1 unspecified atom stereocenters. The van der Waals surface area contributed by atoms with Crippen LogP contribution in [0.2, 0.25) is 0 Å². The number of nitrogens with zero attached hydrogens (tertiary/aromatic N) is 1. The van der Waals surface area contributed by atoms with Gasteiger partial charge in [0.25, 0.3) is 5.91 Å². The largest absolute Gasteiger partial charge is 0.614 e. The molecule has 1 aliphatic rings. The van der Waals surface area contributed by atoms with Crippen molar-refractivity contribution in [3.63, 3.8) is 0 Å². The lowest BCUT2D eigenvalue weighted by molar-refractivity contribution is -0.184. The molecule has 1 aliphatic heterocycles. The Morgan fingerprint density at radius 2 is 1.90 bits per heavy atom. The SMILES string of the molecule is CC1=C(CCCCl)C(=O)N(c2ccc(C)cc2)[P+]([O-])(Cl)O1. The highest BCUT2D eigenvalue weighted by atomic mass is 35.7. The summed E-state index contributed by atoms with van der Waals surface area (Å²) in [5, 5.41) is 0. The molecule has 0 saturated heterocycles. The molecule has 4 nitrogen and oxygen atoms in total. The average molecular weight is 348 g/mol. The molecule has 7 heteroatoms. The van der Waals surface area contributed by atoms with Crippen LogP contribution >= 0.6 is 30.1 Å². The van der Waals surface area contributed by atoms with Gasteiger partial charge in [0.2, 0.25) is 0 Å². The van der Waals surface area contributed by atoms with E-state index in [-0.39, 0.29) is 5.91 Å². The lowest BCUT2D eigenvalue weighted by Crippen LogP contribution is -2.39. The quantitative estimate of drug-likeness (QED) is 0.612. The summed E-state index contributed by atoms with van der Waals surface area (Å²) in [4.78, 5) is 25.1. The van der Waals surface area contributed by atoms with Gasteiger partial charge in [0.15, 0.2) is 17.0 Å². The van der Waals surface area contributed by atoms with Crippen LogP contribution in [-0.2, 0) is 9.32 Å². The van der Waals surface area contributed by atoms with Gasteiger partial charge in [-0.15, -0.1) is 16.3 Å². The Balaban J connectivity index is 2.40. The lowest BCUT2D eigenvalue weighted by Gasteiger charge is -2.36. The van der Waals surface area contributed by atoms with E-state index in [0.717, 1.165) is 10.2 Å². The zero-order valence-electron chi connectivity index (χ0n) is 11.8. The smallest absolute Gasteiger partial charge is 0.356 e. The molecular formula is C14H16Cl2NO3P. The van der Waals surface area contributed by atoms with E-state index in [0.29, 0.717) is 35.7 Å². The Labute approximate surface area is 134 Å². The molecule has 0 N–H and O–H groups in total. The fraction of sp³-hybridized carbons (Fsp3) is 0.357. The van der Waals surface area contributed by atoms with Crippen LogP contribution in [0.4, 0.5) is 5.69 Å². The highest BCUT2D eigenvalue weighted by Gasteiger charge is 2.48. The molecule has 1 atom stereocenters. The molecule has 0 spiro atoms. The predicted octanol–water partition coefficient (Wildman–Crippen LogP) is 3.93. The fourth-order valence-electron chi connectivity index (χ4n) is 2.12. The summed E-state index contributed by atoms with van der Waals surface area (Å²) in [6.07, 6.45) is 1.10. The van der Waals surface area contributed by atoms with Crippen LogP contribution in [0.5, 0.6) is 0 Å². The van der Waals surface area contributed by atoms with Gasteiger partial charge in [-0.2, -0.15) is 0 Å². The van der Waals surface area contributed by atoms with Crippen LogP contribution < -0.4 is 9.56 Å². The normalized spacial score (nSPS) is 22.5. The highest BCUT2D eigenvalue weighted by molar-refractivity contribution is 7.91. The van der Waals surface area contributed by atoms with Gasteiger partial charge in [0.05, 0.1) is 11.3 Å². The fourth-order valence-corrected chi connectivity index (χ4v) is 4.31. The highest BCUT2D eigenvalue weighted by Crippen LogP contribution is 2.65. The molecule has 1 heterocycles. The Kier molecular flexibility index (Phi) is 5.15. The number of alkyl halides is 1. The average Bonchev–Trinajstić information content (AvgIpc) is 2.39. The zero-order chi connectivity index (χ0) is 15.6. The number of carbonyl (C=O) groups excluding carboxylic acids is 1. The third kappa shape index (κ3) is 3.51. The monoisotopic (exact) mass is 347 g/mol. The maximum atomic E-state index is 12.6. The van der Waals surface area contributed by atoms with E-state index >= 15 is 0 Å². The van der Waals surface area contributed by atoms with Crippen LogP contribution in [0.1, 0.15) is 25.3 Å². The topological polar surface area (TPSA) is 52.6 Å². The number of halogens is 2. The van der Waals surface area contributed by atoms with Gasteiger partial charge >= 0.3 is 7.22 Å². The molecule has 0 aliphatic carbocycles. The molecule has 0 aromatic heterocycles. The first-order chi connectivity index (χ1) is 9.86. The van der Waals surface area contributed by atoms with Crippen LogP contribution in [0, 0.1) is 6.92 Å². The third-order valence-electron chi connectivity index (χ3n) is 3.20. The van der Waals surface area contributed by atoms with Crippen LogP contribution in [0.25, 0.3) is 0 Å². The molecule has 0 saturated carbocycles. The Morgan fingerprint density at radius 1 is 1.29 bits per heavy atom. The molecule has 1 aromatic carbocycles. The van der Waals surface area contributed by atoms with Crippen molar-refractivity contribution in [1.29, 1.82) is 0 Å². The number of benzene rings is 1. The van der Waals surface area contributed by atoms with Gasteiger partial charge in [-0.1, -0.05) is 17.7 Å². The minimum Gasteiger partial charge on any atom is -0.614 e. The summed E-state index contributed by atoms with van der Waals surface area (Å²) in [7, 11) is -3.75. The van der Waals surface area contributed by atoms with Crippen LogP contribution in [0.3, 0.4) is 0 Å². The second-order valence-electron chi connectivity index (χ2n) is 4.82. The van der Waals surface area contributed by atoms with Crippen molar-refractivity contribution in [2.24, 2.45) is 0 Å². The van der Waals surface area contributed by atoms with Gasteiger partial charge in [-0.05, 0) is 38.8 Å². The number of amides is 1. The van der Waals surface area contributed by atoms with E-state index in [1.54, 1.807) is 19.1 Å². The van der Waals surface area contributed by atoms with E-state index in [9.17, 15) is 9.69 Å². The van der Waals surface area contributed by atoms with E-state index in [2.05, 4.69) is 0 Å². The summed E-state index contributed by atoms with van der Waals surface area (Å²) in [6.45, 7) is 3.53. The van der Waals surface area contributed by atoms with Gasteiger partial charge in [-0.3, -0.25) is 4.79 Å². The van der Waals surface area contributed by atoms with Crippen LogP contribution in [0.15, 0.2) is 35.6 Å². The van der Waals surface area contributed by atoms with Crippen molar-refractivity contribution in [2.75, 3.05) is 10.6 Å². The van der Waals surface area contributed by atoms with Crippen molar-refractivity contribution in [1.82, 2.24) is 0 Å². The molecule has 114 valence electrons. The Morgan fingerprint density at radius 3 is 2.48 bits per heavy atom. The number of carbonyl (C=O) groups is 1. The number of allylic oxidation sites excluding steroid dienone is 1.